The van der Waals surface area contributed by atoms with Crippen molar-refractivity contribution in [2.45, 2.75) is 64.9 Å². The first-order valence-corrected chi connectivity index (χ1v) is 7.05. The third kappa shape index (κ3) is 7.23. The summed E-state index contributed by atoms with van der Waals surface area (Å²) in [6.45, 7) is 3.95. The summed E-state index contributed by atoms with van der Waals surface area (Å²) < 4.78 is 0. The van der Waals surface area contributed by atoms with Gasteiger partial charge in [0.1, 0.15) is 6.10 Å². The van der Waals surface area contributed by atoms with Gasteiger partial charge in [0.2, 0.25) is 0 Å². The van der Waals surface area contributed by atoms with Crippen LogP contribution >= 0.6 is 0 Å². The maximum atomic E-state index is 9.01. The highest BCUT2D eigenvalue weighted by Gasteiger charge is 2.34. The lowest BCUT2D eigenvalue weighted by atomic mass is 10.1. The van der Waals surface area contributed by atoms with Crippen LogP contribution in [0.1, 0.15) is 58.8 Å². The van der Waals surface area contributed by atoms with Crippen LogP contribution in [0.15, 0.2) is 12.2 Å². The standard InChI is InChI=1S/C16H26O/c1-3-4-5-6-7-8-11-15-13-16(15)12-9-10-14(2)17/h6-7,14-17H,3-5,8,11-13H2,1-2H3/b7-6-/t14-,15-,16-/m0/s1. The molecular weight excluding hydrogens is 208 g/mol. The summed E-state index contributed by atoms with van der Waals surface area (Å²) >= 11 is 0. The van der Waals surface area contributed by atoms with Crippen molar-refractivity contribution < 1.29 is 5.11 Å². The van der Waals surface area contributed by atoms with E-state index in [1.54, 1.807) is 6.92 Å². The summed E-state index contributed by atoms with van der Waals surface area (Å²) in [5.41, 5.74) is 0. The van der Waals surface area contributed by atoms with Crippen molar-refractivity contribution in [2.75, 3.05) is 0 Å². The lowest BCUT2D eigenvalue weighted by Gasteiger charge is -1.94. The van der Waals surface area contributed by atoms with Gasteiger partial charge in [-0.1, -0.05) is 37.8 Å². The van der Waals surface area contributed by atoms with Crippen LogP contribution < -0.4 is 0 Å². The Morgan fingerprint density at radius 1 is 1.29 bits per heavy atom. The van der Waals surface area contributed by atoms with E-state index in [-0.39, 0.29) is 0 Å². The average Bonchev–Trinajstić information content (AvgIpc) is 3.01. The summed E-state index contributed by atoms with van der Waals surface area (Å²) in [7, 11) is 0. The van der Waals surface area contributed by atoms with E-state index in [0.29, 0.717) is 0 Å². The van der Waals surface area contributed by atoms with Crippen molar-refractivity contribution in [3.05, 3.63) is 12.2 Å². The number of aliphatic hydroxyl groups is 1. The lowest BCUT2D eigenvalue weighted by molar-refractivity contribution is 0.253. The zero-order chi connectivity index (χ0) is 12.5. The van der Waals surface area contributed by atoms with Gasteiger partial charge in [0, 0.05) is 6.42 Å². The van der Waals surface area contributed by atoms with Crippen LogP contribution in [-0.2, 0) is 0 Å². The smallest absolute Gasteiger partial charge is 0.111 e. The second kappa shape index (κ2) is 8.37. The highest BCUT2D eigenvalue weighted by Crippen LogP contribution is 2.44. The van der Waals surface area contributed by atoms with E-state index in [1.165, 1.54) is 38.5 Å². The number of rotatable bonds is 7. The van der Waals surface area contributed by atoms with Gasteiger partial charge < -0.3 is 5.11 Å². The molecule has 17 heavy (non-hydrogen) atoms. The van der Waals surface area contributed by atoms with Crippen LogP contribution in [-0.4, -0.2) is 11.2 Å². The molecule has 0 aromatic heterocycles. The molecule has 0 spiro atoms. The van der Waals surface area contributed by atoms with Crippen molar-refractivity contribution in [3.8, 4) is 11.8 Å². The maximum Gasteiger partial charge on any atom is 0.111 e. The topological polar surface area (TPSA) is 20.2 Å². The molecule has 96 valence electrons. The molecule has 0 aliphatic heterocycles. The second-order valence-electron chi connectivity index (χ2n) is 5.15. The summed E-state index contributed by atoms with van der Waals surface area (Å²) in [6, 6.07) is 0. The summed E-state index contributed by atoms with van der Waals surface area (Å²) in [5, 5.41) is 9.01. The van der Waals surface area contributed by atoms with E-state index in [2.05, 4.69) is 30.9 Å². The fourth-order valence-corrected chi connectivity index (χ4v) is 2.12. The zero-order valence-corrected chi connectivity index (χ0v) is 11.3. The van der Waals surface area contributed by atoms with Gasteiger partial charge in [-0.15, -0.1) is 5.92 Å². The molecule has 1 saturated carbocycles. The first kappa shape index (κ1) is 14.3. The minimum absolute atomic E-state index is 0.464. The molecular formula is C16H26O. The Morgan fingerprint density at radius 2 is 2.06 bits per heavy atom. The van der Waals surface area contributed by atoms with Crippen molar-refractivity contribution >= 4 is 0 Å². The molecule has 0 heterocycles. The molecule has 0 saturated heterocycles. The summed E-state index contributed by atoms with van der Waals surface area (Å²) in [5.74, 6) is 7.60. The Labute approximate surface area is 106 Å². The largest absolute Gasteiger partial charge is 0.381 e. The third-order valence-electron chi connectivity index (χ3n) is 3.34. The van der Waals surface area contributed by atoms with Gasteiger partial charge in [-0.3, -0.25) is 0 Å². The molecule has 1 aliphatic carbocycles. The minimum atomic E-state index is -0.464. The Bertz CT molecular complexity index is 280. The van der Waals surface area contributed by atoms with Crippen LogP contribution in [0.2, 0.25) is 0 Å². The van der Waals surface area contributed by atoms with Crippen LogP contribution in [0.5, 0.6) is 0 Å². The predicted molar refractivity (Wildman–Crippen MR) is 73.6 cm³/mol. The molecule has 1 rings (SSSR count). The molecule has 0 radical (unpaired) electrons. The normalized spacial score (nSPS) is 24.4. The van der Waals surface area contributed by atoms with Gasteiger partial charge >= 0.3 is 0 Å². The summed E-state index contributed by atoms with van der Waals surface area (Å²) in [6.07, 6.45) is 12.9. The summed E-state index contributed by atoms with van der Waals surface area (Å²) in [4.78, 5) is 0. The van der Waals surface area contributed by atoms with Crippen LogP contribution in [0.3, 0.4) is 0 Å². The lowest BCUT2D eigenvalue weighted by Crippen LogP contribution is -1.92. The van der Waals surface area contributed by atoms with Gasteiger partial charge in [-0.2, -0.15) is 0 Å². The molecule has 0 bridgehead atoms. The maximum absolute atomic E-state index is 9.01. The van der Waals surface area contributed by atoms with E-state index in [4.69, 9.17) is 5.11 Å². The first-order chi connectivity index (χ1) is 8.24. The highest BCUT2D eigenvalue weighted by molar-refractivity contribution is 5.07. The average molecular weight is 234 g/mol. The second-order valence-corrected chi connectivity index (χ2v) is 5.15. The van der Waals surface area contributed by atoms with E-state index >= 15 is 0 Å². The number of hydrogen-bond acceptors (Lipinski definition) is 1. The van der Waals surface area contributed by atoms with Gasteiger partial charge in [-0.05, 0) is 44.4 Å². The molecule has 0 unspecified atom stereocenters. The van der Waals surface area contributed by atoms with Crippen molar-refractivity contribution in [3.63, 3.8) is 0 Å². The Hall–Kier alpha value is -0.740. The third-order valence-corrected chi connectivity index (χ3v) is 3.34. The zero-order valence-electron chi connectivity index (χ0n) is 11.3. The Morgan fingerprint density at radius 3 is 2.76 bits per heavy atom. The monoisotopic (exact) mass is 234 g/mol. The van der Waals surface area contributed by atoms with E-state index in [1.807, 2.05) is 0 Å². The van der Waals surface area contributed by atoms with Gasteiger partial charge in [0.05, 0.1) is 0 Å². The molecule has 0 aromatic carbocycles. The molecule has 1 aliphatic rings. The first-order valence-electron chi connectivity index (χ1n) is 7.05. The van der Waals surface area contributed by atoms with Crippen LogP contribution in [0.4, 0.5) is 0 Å². The molecule has 1 heteroatoms. The number of allylic oxidation sites excluding steroid dienone is 2. The molecule has 0 aromatic rings. The quantitative estimate of drug-likeness (QED) is 0.402. The van der Waals surface area contributed by atoms with Crippen LogP contribution in [0.25, 0.3) is 0 Å². The van der Waals surface area contributed by atoms with E-state index in [0.717, 1.165) is 18.3 Å². The SMILES string of the molecule is CCCC/C=C\CC[C@H]1C[C@@H]1CC#C[C@H](C)O. The van der Waals surface area contributed by atoms with Crippen LogP contribution in [0, 0.1) is 23.7 Å². The predicted octanol–water partition coefficient (Wildman–Crippen LogP) is 3.92. The fraction of sp³-hybridized carbons (Fsp3) is 0.750. The number of unbranched alkanes of at least 4 members (excludes halogenated alkanes) is 2. The number of hydrogen-bond donors (Lipinski definition) is 1. The Balaban J connectivity index is 1.98. The van der Waals surface area contributed by atoms with Crippen molar-refractivity contribution in [1.82, 2.24) is 0 Å². The van der Waals surface area contributed by atoms with Gasteiger partial charge in [0.25, 0.3) is 0 Å². The number of aliphatic hydroxyl groups excluding tert-OH is 1. The molecule has 1 fully saturated rings. The van der Waals surface area contributed by atoms with Gasteiger partial charge in [0.15, 0.2) is 0 Å². The Kier molecular flexibility index (Phi) is 7.05. The van der Waals surface area contributed by atoms with E-state index < -0.39 is 6.10 Å². The van der Waals surface area contributed by atoms with E-state index in [9.17, 15) is 0 Å². The fourth-order valence-electron chi connectivity index (χ4n) is 2.12. The van der Waals surface area contributed by atoms with Crippen molar-refractivity contribution in [1.29, 1.82) is 0 Å². The molecule has 0 amide bonds. The molecule has 1 nitrogen and oxygen atoms in total. The minimum Gasteiger partial charge on any atom is -0.381 e. The molecule has 3 atom stereocenters. The van der Waals surface area contributed by atoms with Gasteiger partial charge in [-0.25, -0.2) is 0 Å². The molecule has 1 N–H and O–H groups in total. The van der Waals surface area contributed by atoms with Crippen molar-refractivity contribution in [2.24, 2.45) is 11.8 Å². The highest BCUT2D eigenvalue weighted by atomic mass is 16.3.